The van der Waals surface area contributed by atoms with E-state index in [-0.39, 0.29) is 17.4 Å². The number of hydrogen-bond donors (Lipinski definition) is 0. The van der Waals surface area contributed by atoms with E-state index in [9.17, 15) is 0 Å². The van der Waals surface area contributed by atoms with E-state index < -0.39 is 43.0 Å². The minimum absolute atomic E-state index is 0. The molecule has 0 rings (SSSR count). The van der Waals surface area contributed by atoms with Gasteiger partial charge in [-0.1, -0.05) is 0 Å². The minimum Gasteiger partial charge on any atom is -0.313 e. The Bertz CT molecular complexity index is 390. The topological polar surface area (TPSA) is 138 Å². The Morgan fingerprint density at radius 3 is 0.275 bits per heavy atom. The standard InChI is InChI=1S/5C6H15O3P.Cr/c5*1-4-7-10(8-5-2)9-6-3;/h5*4-6H2,1-3H3;. The maximum atomic E-state index is 5.14. The van der Waals surface area contributed by atoms with Crippen LogP contribution in [0.15, 0.2) is 0 Å². The van der Waals surface area contributed by atoms with Gasteiger partial charge >= 0.3 is 43.0 Å². The first-order chi connectivity index (χ1) is 24.2. The zero-order valence-electron chi connectivity index (χ0n) is 34.4. The molecule has 21 heteroatoms. The first kappa shape index (κ1) is 65.0. The van der Waals surface area contributed by atoms with Gasteiger partial charge in [-0.05, 0) is 104 Å². The zero-order chi connectivity index (χ0) is 39.1. The van der Waals surface area contributed by atoms with Gasteiger partial charge in [0.2, 0.25) is 0 Å². The molecule has 0 atom stereocenters. The molecule has 0 spiro atoms. The summed E-state index contributed by atoms with van der Waals surface area (Å²) >= 11 is 0. The van der Waals surface area contributed by atoms with E-state index in [4.69, 9.17) is 67.9 Å². The fourth-order valence-electron chi connectivity index (χ4n) is 2.14. The Morgan fingerprint density at radius 2 is 0.235 bits per heavy atom. The molecule has 316 valence electrons. The monoisotopic (exact) mass is 882 g/mol. The van der Waals surface area contributed by atoms with Crippen LogP contribution in [0.25, 0.3) is 0 Å². The Kier molecular flexibility index (Phi) is 78.1. The summed E-state index contributed by atoms with van der Waals surface area (Å²) < 4.78 is 77.1. The van der Waals surface area contributed by atoms with Gasteiger partial charge in [0.25, 0.3) is 0 Å². The van der Waals surface area contributed by atoms with Crippen molar-refractivity contribution in [3.63, 3.8) is 0 Å². The van der Waals surface area contributed by atoms with Crippen LogP contribution in [0.4, 0.5) is 0 Å². The molecule has 0 aromatic rings. The molecule has 0 bridgehead atoms. The van der Waals surface area contributed by atoms with Gasteiger partial charge in [0.15, 0.2) is 0 Å². The van der Waals surface area contributed by atoms with Crippen LogP contribution in [-0.4, -0.2) is 99.1 Å². The van der Waals surface area contributed by atoms with Crippen molar-refractivity contribution in [2.45, 2.75) is 104 Å². The quantitative estimate of drug-likeness (QED) is 0.0632. The van der Waals surface area contributed by atoms with E-state index in [2.05, 4.69) is 0 Å². The molecule has 0 saturated heterocycles. The average Bonchev–Trinajstić information content (AvgIpc) is 3.08. The van der Waals surface area contributed by atoms with Crippen molar-refractivity contribution in [3.05, 3.63) is 0 Å². The second-order valence-corrected chi connectivity index (χ2v) is 13.5. The number of rotatable bonds is 30. The SMILES string of the molecule is CCOP(OCC)OCC.CCOP(OCC)OCC.CCOP(OCC)OCC.CCOP(OCC)OCC.CCOP(OCC)OCC.[Cr]. The molecule has 0 N–H and O–H groups in total. The van der Waals surface area contributed by atoms with E-state index in [0.29, 0.717) is 99.1 Å². The first-order valence-electron chi connectivity index (χ1n) is 17.7. The molecule has 0 fully saturated rings. The van der Waals surface area contributed by atoms with Gasteiger partial charge in [0.05, 0.1) is 99.1 Å². The van der Waals surface area contributed by atoms with Crippen molar-refractivity contribution < 1.29 is 85.2 Å². The average molecular weight is 883 g/mol. The Balaban J connectivity index is -0.000000123. The predicted molar refractivity (Wildman–Crippen MR) is 209 cm³/mol. The third-order valence-electron chi connectivity index (χ3n) is 3.52. The molecule has 0 aliphatic carbocycles. The molecule has 0 radical (unpaired) electrons. The predicted octanol–water partition coefficient (Wildman–Crippen LogP) is 11.6. The van der Waals surface area contributed by atoms with Crippen molar-refractivity contribution in [2.24, 2.45) is 0 Å². The summed E-state index contributed by atoms with van der Waals surface area (Å²) in [7, 11) is -5.30. The molecule has 0 heterocycles. The molecule has 0 aliphatic rings. The number of hydrogen-bond acceptors (Lipinski definition) is 15. The molecule has 0 aliphatic heterocycles. The maximum Gasteiger partial charge on any atom is 0.332 e. The van der Waals surface area contributed by atoms with E-state index in [0.717, 1.165) is 0 Å². The third kappa shape index (κ3) is 58.9. The molecule has 0 amide bonds. The van der Waals surface area contributed by atoms with Crippen LogP contribution in [-0.2, 0) is 85.2 Å². The molecular weight excluding hydrogens is 807 g/mol. The van der Waals surface area contributed by atoms with Crippen molar-refractivity contribution in [3.8, 4) is 0 Å². The van der Waals surface area contributed by atoms with Crippen molar-refractivity contribution in [2.75, 3.05) is 99.1 Å². The maximum absolute atomic E-state index is 5.14. The summed E-state index contributed by atoms with van der Waals surface area (Å²) in [5.41, 5.74) is 0. The van der Waals surface area contributed by atoms with Crippen molar-refractivity contribution in [1.82, 2.24) is 0 Å². The minimum atomic E-state index is -1.06. The van der Waals surface area contributed by atoms with Crippen molar-refractivity contribution >= 4 is 43.0 Å². The summed E-state index contributed by atoms with van der Waals surface area (Å²) in [6.45, 7) is 38.5. The Morgan fingerprint density at radius 1 is 0.176 bits per heavy atom. The van der Waals surface area contributed by atoms with Crippen LogP contribution in [0, 0.1) is 0 Å². The molecule has 0 unspecified atom stereocenters. The molecule has 15 nitrogen and oxygen atoms in total. The Hall–Kier alpha value is 2.08. The van der Waals surface area contributed by atoms with E-state index in [1.165, 1.54) is 0 Å². The molecule has 0 aromatic carbocycles. The van der Waals surface area contributed by atoms with Gasteiger partial charge < -0.3 is 67.9 Å². The molecular formula is C30H75CrO15P5. The Labute approximate surface area is 330 Å². The summed E-state index contributed by atoms with van der Waals surface area (Å²) in [6, 6.07) is 0. The van der Waals surface area contributed by atoms with Gasteiger partial charge in [-0.15, -0.1) is 0 Å². The smallest absolute Gasteiger partial charge is 0.313 e. The third-order valence-corrected chi connectivity index (χ3v) is 10.6. The van der Waals surface area contributed by atoms with Gasteiger partial charge in [-0.25, -0.2) is 0 Å². The van der Waals surface area contributed by atoms with Gasteiger partial charge in [-0.3, -0.25) is 0 Å². The van der Waals surface area contributed by atoms with Crippen molar-refractivity contribution in [1.29, 1.82) is 0 Å². The fourth-order valence-corrected chi connectivity index (χ4v) is 6.42. The zero-order valence-corrected chi connectivity index (χ0v) is 40.1. The summed E-state index contributed by atoms with van der Waals surface area (Å²) in [5.74, 6) is 0. The summed E-state index contributed by atoms with van der Waals surface area (Å²) in [4.78, 5) is 0. The van der Waals surface area contributed by atoms with Crippen LogP contribution < -0.4 is 0 Å². The normalized spacial score (nSPS) is 10.6. The first-order valence-corrected chi connectivity index (χ1v) is 23.2. The van der Waals surface area contributed by atoms with Crippen LogP contribution in [0.1, 0.15) is 104 Å². The summed E-state index contributed by atoms with van der Waals surface area (Å²) in [5, 5.41) is 0. The van der Waals surface area contributed by atoms with E-state index in [1.807, 2.05) is 104 Å². The van der Waals surface area contributed by atoms with Gasteiger partial charge in [0.1, 0.15) is 0 Å². The van der Waals surface area contributed by atoms with Crippen LogP contribution in [0.3, 0.4) is 0 Å². The summed E-state index contributed by atoms with van der Waals surface area (Å²) in [6.07, 6.45) is 0. The van der Waals surface area contributed by atoms with Gasteiger partial charge in [-0.2, -0.15) is 0 Å². The molecule has 51 heavy (non-hydrogen) atoms. The fraction of sp³-hybridized carbons (Fsp3) is 1.00. The molecule has 0 aromatic heterocycles. The van der Waals surface area contributed by atoms with Gasteiger partial charge in [0, 0.05) is 17.4 Å². The van der Waals surface area contributed by atoms with Crippen LogP contribution >= 0.6 is 43.0 Å². The van der Waals surface area contributed by atoms with Crippen LogP contribution in [0.2, 0.25) is 0 Å². The molecule has 0 saturated carbocycles. The largest absolute Gasteiger partial charge is 0.332 e. The van der Waals surface area contributed by atoms with Crippen LogP contribution in [0.5, 0.6) is 0 Å². The van der Waals surface area contributed by atoms with E-state index >= 15 is 0 Å². The second kappa shape index (κ2) is 61.3. The van der Waals surface area contributed by atoms with E-state index in [1.54, 1.807) is 0 Å². The second-order valence-electron chi connectivity index (χ2n) is 7.38.